The first-order valence-electron chi connectivity index (χ1n) is 9.38. The molecule has 156 valence electrons. The molecule has 0 atom stereocenters. The van der Waals surface area contributed by atoms with Gasteiger partial charge in [-0.25, -0.2) is 4.79 Å². The number of piperidine rings is 1. The average molecular weight is 419 g/mol. The van der Waals surface area contributed by atoms with Gasteiger partial charge in [0.1, 0.15) is 11.3 Å². The molecule has 3 heterocycles. The molecule has 0 spiro atoms. The number of carboxylic acid groups (broad SMARTS) is 1. The molecule has 0 aliphatic carbocycles. The molecule has 1 aromatic carbocycles. The number of fused-ring (bicyclic) bond motifs is 1. The summed E-state index contributed by atoms with van der Waals surface area (Å²) in [5.41, 5.74) is 0.599. The van der Waals surface area contributed by atoms with Crippen molar-refractivity contribution in [3.8, 4) is 11.3 Å². The number of carboxylic acids is 1. The lowest BCUT2D eigenvalue weighted by molar-refractivity contribution is -0.137. The van der Waals surface area contributed by atoms with E-state index in [1.54, 1.807) is 30.3 Å². The highest BCUT2D eigenvalue weighted by atomic mass is 16.4. The van der Waals surface area contributed by atoms with E-state index in [9.17, 15) is 19.2 Å². The number of nitrogens with zero attached hydrogens (tertiary/aromatic N) is 2. The minimum absolute atomic E-state index is 0.0296. The molecule has 0 unspecified atom stereocenters. The van der Waals surface area contributed by atoms with Crippen LogP contribution in [0.5, 0.6) is 0 Å². The van der Waals surface area contributed by atoms with Crippen molar-refractivity contribution in [3.63, 3.8) is 0 Å². The number of allylic oxidation sites excluding steroid dienone is 1. The summed E-state index contributed by atoms with van der Waals surface area (Å²) in [6.07, 6.45) is 2.61. The maximum absolute atomic E-state index is 12.6. The molecule has 1 aliphatic heterocycles. The second-order valence-electron chi connectivity index (χ2n) is 7.04. The van der Waals surface area contributed by atoms with E-state index in [1.165, 1.54) is 17.0 Å². The summed E-state index contributed by atoms with van der Waals surface area (Å²) in [5.74, 6) is -2.03. The lowest BCUT2D eigenvalue weighted by atomic mass is 9.98. The van der Waals surface area contributed by atoms with Gasteiger partial charge in [-0.15, -0.1) is 0 Å². The van der Waals surface area contributed by atoms with Crippen LogP contribution in [0.1, 0.15) is 18.4 Å². The Morgan fingerprint density at radius 2 is 2.06 bits per heavy atom. The Bertz CT molecular complexity index is 1320. The van der Waals surface area contributed by atoms with Gasteiger partial charge in [-0.3, -0.25) is 19.1 Å². The van der Waals surface area contributed by atoms with Crippen LogP contribution < -0.4 is 10.9 Å². The van der Waals surface area contributed by atoms with Gasteiger partial charge < -0.3 is 14.8 Å². The minimum Gasteiger partial charge on any atom is -0.481 e. The van der Waals surface area contributed by atoms with Crippen molar-refractivity contribution < 1.29 is 23.9 Å². The number of hydrogen-bond acceptors (Lipinski definition) is 6. The molecule has 9 nitrogen and oxygen atoms in total. The number of Topliss-reactive ketones (excluding diaryl/α,β-unsaturated/α-hetero) is 1. The summed E-state index contributed by atoms with van der Waals surface area (Å²) in [6.45, 7) is 3.64. The van der Waals surface area contributed by atoms with Crippen molar-refractivity contribution in [2.24, 2.45) is 0 Å². The van der Waals surface area contributed by atoms with Crippen LogP contribution in [0.3, 0.4) is 0 Å². The smallest absolute Gasteiger partial charge is 0.345 e. The molecule has 9 heteroatoms. The third kappa shape index (κ3) is 4.06. The maximum atomic E-state index is 12.6. The van der Waals surface area contributed by atoms with Gasteiger partial charge in [-0.2, -0.15) is 5.10 Å². The molecule has 0 radical (unpaired) electrons. The van der Waals surface area contributed by atoms with E-state index in [4.69, 9.17) is 9.52 Å². The minimum atomic E-state index is -1.01. The first-order valence-corrected chi connectivity index (χ1v) is 9.38. The summed E-state index contributed by atoms with van der Waals surface area (Å²) < 4.78 is 6.73. The summed E-state index contributed by atoms with van der Waals surface area (Å²) in [4.78, 5) is 48.2. The molecule has 4 rings (SSSR count). The number of benzene rings is 1. The molecule has 0 bridgehead atoms. The van der Waals surface area contributed by atoms with Crippen LogP contribution in [-0.2, 0) is 20.9 Å². The van der Waals surface area contributed by atoms with Crippen LogP contribution in [0.4, 0.5) is 0 Å². The maximum Gasteiger partial charge on any atom is 0.345 e. The lowest BCUT2D eigenvalue weighted by Gasteiger charge is -2.15. The zero-order valence-corrected chi connectivity index (χ0v) is 16.3. The van der Waals surface area contributed by atoms with Crippen LogP contribution in [-0.4, -0.2) is 32.5 Å². The third-order valence-electron chi connectivity index (χ3n) is 4.75. The summed E-state index contributed by atoms with van der Waals surface area (Å²) in [7, 11) is 0. The second kappa shape index (κ2) is 7.86. The van der Waals surface area contributed by atoms with Crippen molar-refractivity contribution in [1.29, 1.82) is 0 Å². The number of rotatable bonds is 5. The Morgan fingerprint density at radius 3 is 2.81 bits per heavy atom. The monoisotopic (exact) mass is 419 g/mol. The summed E-state index contributed by atoms with van der Waals surface area (Å²) >= 11 is 0. The quantitative estimate of drug-likeness (QED) is 0.368. The van der Waals surface area contributed by atoms with Gasteiger partial charge in [0.15, 0.2) is 5.78 Å². The average Bonchev–Trinajstić information content (AvgIpc) is 3.11. The first kappa shape index (κ1) is 20.0. The van der Waals surface area contributed by atoms with Crippen molar-refractivity contribution in [3.05, 3.63) is 70.4 Å². The normalized spacial score (nSPS) is 15.5. The SMILES string of the molecule is C=C1CC(=O)/C(=C\c2cn(CCC(=O)O)nc2-c2cc3ccccc3oc2=O)C(=O)N1. The summed E-state index contributed by atoms with van der Waals surface area (Å²) in [6, 6.07) is 8.57. The molecule has 1 amide bonds. The number of ketones is 1. The van der Waals surface area contributed by atoms with Crippen molar-refractivity contribution in [2.45, 2.75) is 19.4 Å². The van der Waals surface area contributed by atoms with Crippen molar-refractivity contribution in [1.82, 2.24) is 15.1 Å². The number of hydrogen-bond donors (Lipinski definition) is 2. The van der Waals surface area contributed by atoms with E-state index >= 15 is 0 Å². The fourth-order valence-corrected chi connectivity index (χ4v) is 3.29. The highest BCUT2D eigenvalue weighted by molar-refractivity contribution is 6.25. The van der Waals surface area contributed by atoms with Gasteiger partial charge in [0.2, 0.25) is 0 Å². The van der Waals surface area contributed by atoms with Crippen LogP contribution in [0.25, 0.3) is 28.3 Å². The molecule has 1 fully saturated rings. The third-order valence-corrected chi connectivity index (χ3v) is 4.75. The molecule has 1 aliphatic rings. The number of aliphatic carboxylic acids is 1. The Labute approximate surface area is 175 Å². The fourth-order valence-electron chi connectivity index (χ4n) is 3.29. The van der Waals surface area contributed by atoms with Gasteiger partial charge >= 0.3 is 11.6 Å². The first-order chi connectivity index (χ1) is 14.8. The summed E-state index contributed by atoms with van der Waals surface area (Å²) in [5, 5.41) is 16.5. The van der Waals surface area contributed by atoms with Gasteiger partial charge in [0, 0.05) is 22.8 Å². The largest absolute Gasteiger partial charge is 0.481 e. The van der Waals surface area contributed by atoms with Crippen LogP contribution in [0, 0.1) is 0 Å². The number of aromatic nitrogens is 2. The second-order valence-corrected chi connectivity index (χ2v) is 7.04. The zero-order valence-electron chi connectivity index (χ0n) is 16.3. The number of para-hydroxylation sites is 1. The van der Waals surface area contributed by atoms with Crippen LogP contribution in [0.15, 0.2) is 63.6 Å². The van der Waals surface area contributed by atoms with Crippen molar-refractivity contribution in [2.75, 3.05) is 0 Å². The lowest BCUT2D eigenvalue weighted by Crippen LogP contribution is -2.34. The molecule has 2 N–H and O–H groups in total. The Kier molecular flexibility index (Phi) is 5.08. The Balaban J connectivity index is 1.86. The number of aryl methyl sites for hydroxylation is 1. The van der Waals surface area contributed by atoms with Gasteiger partial charge in [0.25, 0.3) is 5.91 Å². The molecule has 31 heavy (non-hydrogen) atoms. The van der Waals surface area contributed by atoms with E-state index < -0.39 is 23.3 Å². The van der Waals surface area contributed by atoms with Gasteiger partial charge in [-0.05, 0) is 18.2 Å². The van der Waals surface area contributed by atoms with Crippen LogP contribution in [0.2, 0.25) is 0 Å². The number of carbonyl (C=O) groups excluding carboxylic acids is 2. The van der Waals surface area contributed by atoms with E-state index in [-0.39, 0.29) is 36.2 Å². The van der Waals surface area contributed by atoms with Gasteiger partial charge in [0.05, 0.1) is 30.5 Å². The fraction of sp³-hybridized carbons (Fsp3) is 0.136. The molecule has 1 saturated heterocycles. The highest BCUT2D eigenvalue weighted by Crippen LogP contribution is 2.26. The molecular formula is C22H17N3O6. The molecule has 3 aromatic rings. The molecular weight excluding hydrogens is 402 g/mol. The predicted octanol–water partition coefficient (Wildman–Crippen LogP) is 2.12. The van der Waals surface area contributed by atoms with Crippen LogP contribution >= 0.6 is 0 Å². The predicted molar refractivity (Wildman–Crippen MR) is 111 cm³/mol. The number of amides is 1. The molecule has 0 saturated carbocycles. The molecule has 2 aromatic heterocycles. The Morgan fingerprint density at radius 1 is 1.29 bits per heavy atom. The van der Waals surface area contributed by atoms with E-state index in [2.05, 4.69) is 17.0 Å². The number of nitrogens with one attached hydrogen (secondary N) is 1. The van der Waals surface area contributed by atoms with E-state index in [1.807, 2.05) is 0 Å². The number of carbonyl (C=O) groups is 3. The standard InChI is InChI=1S/C22H17N3O6/c1-12-8-17(26)15(21(29)23-12)10-14-11-25(7-6-19(27)28)24-20(14)16-9-13-4-2-3-5-18(13)31-22(16)30/h2-5,9-11H,1,6-8H2,(H,23,29)(H,27,28)/b15-10+. The Hall–Kier alpha value is -4.27. The van der Waals surface area contributed by atoms with Gasteiger partial charge in [-0.1, -0.05) is 24.8 Å². The van der Waals surface area contributed by atoms with E-state index in [0.717, 1.165) is 0 Å². The zero-order chi connectivity index (χ0) is 22.1. The van der Waals surface area contributed by atoms with Crippen molar-refractivity contribution >= 4 is 34.7 Å². The van der Waals surface area contributed by atoms with E-state index in [0.29, 0.717) is 22.2 Å². The topological polar surface area (TPSA) is 132 Å². The highest BCUT2D eigenvalue weighted by Gasteiger charge is 2.26.